The first-order valence-electron chi connectivity index (χ1n) is 5.15. The normalized spacial score (nSPS) is 32.5. The Kier molecular flexibility index (Phi) is 2.86. The van der Waals surface area contributed by atoms with Crippen molar-refractivity contribution < 1.29 is 9.47 Å². The zero-order chi connectivity index (χ0) is 9.15. The second-order valence-corrected chi connectivity index (χ2v) is 4.26. The molecule has 0 bridgehead atoms. The Bertz CT molecular complexity index is 166. The molecule has 2 rings (SSSR count). The zero-order valence-corrected chi connectivity index (χ0v) is 8.34. The van der Waals surface area contributed by atoms with Crippen molar-refractivity contribution >= 4 is 0 Å². The second-order valence-electron chi connectivity index (χ2n) is 4.26. The average Bonchev–Trinajstić information content (AvgIpc) is 2.52. The summed E-state index contributed by atoms with van der Waals surface area (Å²) in [5, 5.41) is 3.48. The van der Waals surface area contributed by atoms with Gasteiger partial charge in [0.25, 0.3) is 0 Å². The molecule has 2 aliphatic rings. The zero-order valence-electron chi connectivity index (χ0n) is 8.34. The maximum absolute atomic E-state index is 5.41. The van der Waals surface area contributed by atoms with E-state index in [1.165, 1.54) is 12.8 Å². The molecule has 2 heterocycles. The lowest BCUT2D eigenvalue weighted by Gasteiger charge is -2.37. The van der Waals surface area contributed by atoms with Crippen molar-refractivity contribution in [3.05, 3.63) is 0 Å². The minimum Gasteiger partial charge on any atom is -0.384 e. The molecule has 0 radical (unpaired) electrons. The summed E-state index contributed by atoms with van der Waals surface area (Å²) in [6.45, 7) is 5.04. The largest absolute Gasteiger partial charge is 0.384 e. The molecule has 0 aromatic carbocycles. The van der Waals surface area contributed by atoms with E-state index in [-0.39, 0.29) is 0 Å². The lowest BCUT2D eigenvalue weighted by molar-refractivity contribution is -0.0155. The van der Waals surface area contributed by atoms with Crippen LogP contribution in [0.5, 0.6) is 0 Å². The average molecular weight is 185 g/mol. The van der Waals surface area contributed by atoms with Gasteiger partial charge in [-0.05, 0) is 18.3 Å². The van der Waals surface area contributed by atoms with E-state index >= 15 is 0 Å². The smallest absolute Gasteiger partial charge is 0.0508 e. The van der Waals surface area contributed by atoms with Crippen molar-refractivity contribution in [2.75, 3.05) is 40.0 Å². The van der Waals surface area contributed by atoms with Crippen LogP contribution in [0.15, 0.2) is 0 Å². The molecule has 0 unspecified atom stereocenters. The van der Waals surface area contributed by atoms with Gasteiger partial charge in [0.05, 0.1) is 6.61 Å². The first-order chi connectivity index (χ1) is 6.37. The molecular weight excluding hydrogens is 166 g/mol. The van der Waals surface area contributed by atoms with Gasteiger partial charge in [0.1, 0.15) is 0 Å². The number of nitrogens with one attached hydrogen (secondary N) is 1. The number of rotatable bonds is 2. The van der Waals surface area contributed by atoms with Crippen LogP contribution in [0, 0.1) is 11.3 Å². The van der Waals surface area contributed by atoms with Gasteiger partial charge in [-0.3, -0.25) is 0 Å². The molecule has 1 N–H and O–H groups in total. The fourth-order valence-corrected chi connectivity index (χ4v) is 2.66. The van der Waals surface area contributed by atoms with E-state index in [9.17, 15) is 0 Å². The third-order valence-corrected chi connectivity index (χ3v) is 3.59. The maximum Gasteiger partial charge on any atom is 0.0508 e. The van der Waals surface area contributed by atoms with Crippen LogP contribution >= 0.6 is 0 Å². The van der Waals surface area contributed by atoms with Crippen LogP contribution in [0.3, 0.4) is 0 Å². The Hall–Kier alpha value is -0.120. The van der Waals surface area contributed by atoms with E-state index in [1.807, 2.05) is 0 Å². The van der Waals surface area contributed by atoms with Gasteiger partial charge in [-0.1, -0.05) is 0 Å². The van der Waals surface area contributed by atoms with E-state index < -0.39 is 0 Å². The predicted molar refractivity (Wildman–Crippen MR) is 50.7 cm³/mol. The topological polar surface area (TPSA) is 30.5 Å². The summed E-state index contributed by atoms with van der Waals surface area (Å²) in [5.41, 5.74) is 0.480. The van der Waals surface area contributed by atoms with Gasteiger partial charge in [-0.25, -0.2) is 0 Å². The van der Waals surface area contributed by atoms with E-state index in [1.54, 1.807) is 7.11 Å². The van der Waals surface area contributed by atoms with Gasteiger partial charge in [0, 0.05) is 39.3 Å². The monoisotopic (exact) mass is 185 g/mol. The first kappa shape index (κ1) is 9.44. The summed E-state index contributed by atoms with van der Waals surface area (Å²) < 4.78 is 10.7. The Morgan fingerprint density at radius 2 is 2.23 bits per heavy atom. The standard InChI is InChI=1S/C10H19NO2/c1-12-7-9-6-11-8-10(9)2-4-13-5-3-10/h9,11H,2-8H2,1H3/t9-/m0/s1. The van der Waals surface area contributed by atoms with Crippen molar-refractivity contribution in [1.82, 2.24) is 5.32 Å². The van der Waals surface area contributed by atoms with Crippen molar-refractivity contribution in [1.29, 1.82) is 0 Å². The second kappa shape index (κ2) is 3.95. The summed E-state index contributed by atoms with van der Waals surface area (Å²) in [6, 6.07) is 0. The molecule has 0 aromatic rings. The predicted octanol–water partition coefficient (Wildman–Crippen LogP) is 0.649. The lowest BCUT2D eigenvalue weighted by Crippen LogP contribution is -2.38. The molecule has 1 spiro atoms. The minimum atomic E-state index is 0.480. The summed E-state index contributed by atoms with van der Waals surface area (Å²) in [6.07, 6.45) is 2.40. The third-order valence-electron chi connectivity index (χ3n) is 3.59. The quantitative estimate of drug-likeness (QED) is 0.685. The highest BCUT2D eigenvalue weighted by atomic mass is 16.5. The number of ether oxygens (including phenoxy) is 2. The Balaban J connectivity index is 2.00. The molecule has 3 nitrogen and oxygen atoms in total. The number of methoxy groups -OCH3 is 1. The van der Waals surface area contributed by atoms with E-state index in [4.69, 9.17) is 9.47 Å². The van der Waals surface area contributed by atoms with Gasteiger partial charge < -0.3 is 14.8 Å². The Labute approximate surface area is 79.8 Å². The van der Waals surface area contributed by atoms with E-state index in [0.717, 1.165) is 32.9 Å². The van der Waals surface area contributed by atoms with Gasteiger partial charge in [-0.15, -0.1) is 0 Å². The molecule has 0 amide bonds. The van der Waals surface area contributed by atoms with Crippen LogP contribution in [0.1, 0.15) is 12.8 Å². The highest BCUT2D eigenvalue weighted by Gasteiger charge is 2.43. The highest BCUT2D eigenvalue weighted by Crippen LogP contribution is 2.40. The van der Waals surface area contributed by atoms with Crippen LogP contribution in [0.2, 0.25) is 0 Å². The van der Waals surface area contributed by atoms with E-state index in [2.05, 4.69) is 5.32 Å². The Morgan fingerprint density at radius 1 is 1.46 bits per heavy atom. The van der Waals surface area contributed by atoms with Crippen LogP contribution in [0.25, 0.3) is 0 Å². The molecule has 0 aliphatic carbocycles. The molecule has 3 heteroatoms. The SMILES string of the molecule is COC[C@@H]1CNCC12CCOCC2. The minimum absolute atomic E-state index is 0.480. The number of hydrogen-bond acceptors (Lipinski definition) is 3. The molecule has 2 aliphatic heterocycles. The summed E-state index contributed by atoms with van der Waals surface area (Å²) in [4.78, 5) is 0. The maximum atomic E-state index is 5.41. The molecular formula is C10H19NO2. The highest BCUT2D eigenvalue weighted by molar-refractivity contribution is 4.96. The van der Waals surface area contributed by atoms with Crippen molar-refractivity contribution in [2.45, 2.75) is 12.8 Å². The summed E-state index contributed by atoms with van der Waals surface area (Å²) in [7, 11) is 1.80. The Morgan fingerprint density at radius 3 is 2.92 bits per heavy atom. The van der Waals surface area contributed by atoms with Crippen LogP contribution in [-0.4, -0.2) is 40.0 Å². The third kappa shape index (κ3) is 1.73. The fourth-order valence-electron chi connectivity index (χ4n) is 2.66. The van der Waals surface area contributed by atoms with Crippen LogP contribution in [0.4, 0.5) is 0 Å². The van der Waals surface area contributed by atoms with Gasteiger partial charge >= 0.3 is 0 Å². The lowest BCUT2D eigenvalue weighted by atomic mass is 9.72. The van der Waals surface area contributed by atoms with Gasteiger partial charge in [0.15, 0.2) is 0 Å². The first-order valence-corrected chi connectivity index (χ1v) is 5.15. The number of hydrogen-bond donors (Lipinski definition) is 1. The molecule has 1 atom stereocenters. The molecule has 2 saturated heterocycles. The molecule has 0 saturated carbocycles. The van der Waals surface area contributed by atoms with Gasteiger partial charge in [-0.2, -0.15) is 0 Å². The molecule has 76 valence electrons. The summed E-state index contributed by atoms with van der Waals surface area (Å²) >= 11 is 0. The molecule has 13 heavy (non-hydrogen) atoms. The summed E-state index contributed by atoms with van der Waals surface area (Å²) in [5.74, 6) is 0.696. The van der Waals surface area contributed by atoms with E-state index in [0.29, 0.717) is 11.3 Å². The van der Waals surface area contributed by atoms with Crippen LogP contribution < -0.4 is 5.32 Å². The van der Waals surface area contributed by atoms with Crippen molar-refractivity contribution in [3.8, 4) is 0 Å². The fraction of sp³-hybridized carbons (Fsp3) is 1.00. The van der Waals surface area contributed by atoms with Crippen LogP contribution in [-0.2, 0) is 9.47 Å². The molecule has 0 aromatic heterocycles. The van der Waals surface area contributed by atoms with Gasteiger partial charge in [0.2, 0.25) is 0 Å². The van der Waals surface area contributed by atoms with Crippen molar-refractivity contribution in [3.63, 3.8) is 0 Å². The molecule has 2 fully saturated rings. The van der Waals surface area contributed by atoms with Crippen molar-refractivity contribution in [2.24, 2.45) is 11.3 Å².